The van der Waals surface area contributed by atoms with E-state index in [-0.39, 0.29) is 18.5 Å². The summed E-state index contributed by atoms with van der Waals surface area (Å²) >= 11 is 6.03. The maximum atomic E-state index is 11.6. The highest BCUT2D eigenvalue weighted by atomic mass is 35.5. The van der Waals surface area contributed by atoms with Crippen LogP contribution in [0.5, 0.6) is 0 Å². The molecule has 0 fully saturated rings. The van der Waals surface area contributed by atoms with Crippen LogP contribution in [-0.2, 0) is 6.42 Å². The van der Waals surface area contributed by atoms with Gasteiger partial charge in [-0.2, -0.15) is 0 Å². The summed E-state index contributed by atoms with van der Waals surface area (Å²) in [4.78, 5) is 11.6. The van der Waals surface area contributed by atoms with Crippen LogP contribution in [-0.4, -0.2) is 29.8 Å². The lowest BCUT2D eigenvalue weighted by molar-refractivity contribution is 0.0166. The molecular weight excluding hydrogens is 276 g/mol. The van der Waals surface area contributed by atoms with Gasteiger partial charge in [0.05, 0.1) is 5.60 Å². The Hall–Kier alpha value is -1.26. The van der Waals surface area contributed by atoms with Crippen molar-refractivity contribution in [2.24, 2.45) is 5.92 Å². The van der Waals surface area contributed by atoms with Crippen LogP contribution in [0, 0.1) is 5.92 Å². The number of rotatable bonds is 6. The average Bonchev–Trinajstić information content (AvgIpc) is 2.38. The largest absolute Gasteiger partial charge is 0.388 e. The van der Waals surface area contributed by atoms with E-state index in [2.05, 4.69) is 10.6 Å². The maximum absolute atomic E-state index is 11.6. The first kappa shape index (κ1) is 16.8. The number of amides is 2. The summed E-state index contributed by atoms with van der Waals surface area (Å²) in [6.07, 6.45) is 0.674. The van der Waals surface area contributed by atoms with E-state index in [9.17, 15) is 9.90 Å². The summed E-state index contributed by atoms with van der Waals surface area (Å²) in [6.45, 7) is 6.26. The number of halogens is 1. The molecule has 0 radical (unpaired) electrons. The zero-order chi connectivity index (χ0) is 15.2. The van der Waals surface area contributed by atoms with Gasteiger partial charge in [-0.25, -0.2) is 4.79 Å². The number of carbonyl (C=O) groups is 1. The lowest BCUT2D eigenvalue weighted by Gasteiger charge is -2.27. The van der Waals surface area contributed by atoms with Gasteiger partial charge >= 0.3 is 6.03 Å². The normalized spacial score (nSPS) is 13.9. The van der Waals surface area contributed by atoms with Gasteiger partial charge in [-0.15, -0.1) is 0 Å². The van der Waals surface area contributed by atoms with Crippen molar-refractivity contribution in [1.29, 1.82) is 0 Å². The number of carbonyl (C=O) groups excluding carboxylic acids is 1. The van der Waals surface area contributed by atoms with Gasteiger partial charge in [-0.1, -0.05) is 43.6 Å². The average molecular weight is 299 g/mol. The molecule has 1 unspecified atom stereocenters. The van der Waals surface area contributed by atoms with Gasteiger partial charge in [-0.3, -0.25) is 0 Å². The first-order valence-corrected chi connectivity index (χ1v) is 7.18. The van der Waals surface area contributed by atoms with E-state index in [1.54, 1.807) is 6.92 Å². The molecule has 0 aliphatic heterocycles. The first-order chi connectivity index (χ1) is 9.33. The summed E-state index contributed by atoms with van der Waals surface area (Å²) < 4.78 is 0. The van der Waals surface area contributed by atoms with Crippen molar-refractivity contribution in [2.75, 3.05) is 13.1 Å². The third-order valence-corrected chi connectivity index (χ3v) is 3.86. The van der Waals surface area contributed by atoms with E-state index < -0.39 is 5.60 Å². The molecule has 5 heteroatoms. The van der Waals surface area contributed by atoms with Crippen LogP contribution >= 0.6 is 11.6 Å². The molecule has 2 amide bonds. The summed E-state index contributed by atoms with van der Waals surface area (Å²) in [5.74, 6) is 0.0749. The van der Waals surface area contributed by atoms with E-state index in [0.29, 0.717) is 18.0 Å². The molecule has 1 atom stereocenters. The van der Waals surface area contributed by atoms with Gasteiger partial charge in [0, 0.05) is 18.1 Å². The van der Waals surface area contributed by atoms with Gasteiger partial charge in [0.2, 0.25) is 0 Å². The third kappa shape index (κ3) is 5.39. The number of aliphatic hydroxyl groups is 1. The molecule has 1 rings (SSSR count). The zero-order valence-electron chi connectivity index (χ0n) is 12.2. The summed E-state index contributed by atoms with van der Waals surface area (Å²) in [7, 11) is 0. The van der Waals surface area contributed by atoms with Crippen LogP contribution in [0.4, 0.5) is 4.79 Å². The fraction of sp³-hybridized carbons (Fsp3) is 0.533. The second-order valence-electron chi connectivity index (χ2n) is 5.46. The number of benzene rings is 1. The minimum Gasteiger partial charge on any atom is -0.388 e. The zero-order valence-corrected chi connectivity index (χ0v) is 13.0. The highest BCUT2D eigenvalue weighted by Gasteiger charge is 2.25. The Kier molecular flexibility index (Phi) is 6.30. The number of urea groups is 1. The number of hydrogen-bond donors (Lipinski definition) is 3. The quantitative estimate of drug-likeness (QED) is 0.756. The number of hydrogen-bond acceptors (Lipinski definition) is 2. The molecule has 0 aliphatic carbocycles. The Morgan fingerprint density at radius 2 is 2.00 bits per heavy atom. The standard InChI is InChI=1S/C15H23ClN2O2/c1-11(2)15(3,20)10-18-14(19)17-9-8-12-6-4-5-7-13(12)16/h4-7,11,20H,8-10H2,1-3H3,(H2,17,18,19). The topological polar surface area (TPSA) is 61.4 Å². The molecule has 4 nitrogen and oxygen atoms in total. The van der Waals surface area contributed by atoms with Gasteiger partial charge in [0.15, 0.2) is 0 Å². The Bertz CT molecular complexity index is 447. The second kappa shape index (κ2) is 7.50. The smallest absolute Gasteiger partial charge is 0.314 e. The second-order valence-corrected chi connectivity index (χ2v) is 5.87. The van der Waals surface area contributed by atoms with Crippen molar-refractivity contribution in [3.8, 4) is 0 Å². The number of nitrogens with one attached hydrogen (secondary N) is 2. The molecule has 0 aliphatic rings. The minimum absolute atomic E-state index is 0.0749. The predicted molar refractivity (Wildman–Crippen MR) is 82.0 cm³/mol. The summed E-state index contributed by atoms with van der Waals surface area (Å²) in [5.41, 5.74) is 0.101. The third-order valence-electron chi connectivity index (χ3n) is 3.49. The van der Waals surface area contributed by atoms with Crippen molar-refractivity contribution in [2.45, 2.75) is 32.8 Å². The van der Waals surface area contributed by atoms with Crippen LogP contribution in [0.1, 0.15) is 26.3 Å². The SMILES string of the molecule is CC(C)C(C)(O)CNC(=O)NCCc1ccccc1Cl. The molecule has 20 heavy (non-hydrogen) atoms. The molecule has 112 valence electrons. The highest BCUT2D eigenvalue weighted by molar-refractivity contribution is 6.31. The van der Waals surface area contributed by atoms with E-state index >= 15 is 0 Å². The Labute approximate surface area is 125 Å². The van der Waals surface area contributed by atoms with Crippen LogP contribution in [0.25, 0.3) is 0 Å². The first-order valence-electron chi connectivity index (χ1n) is 6.80. The van der Waals surface area contributed by atoms with E-state index in [0.717, 1.165) is 5.56 Å². The minimum atomic E-state index is -0.903. The van der Waals surface area contributed by atoms with Crippen molar-refractivity contribution >= 4 is 17.6 Å². The van der Waals surface area contributed by atoms with Crippen molar-refractivity contribution in [1.82, 2.24) is 10.6 Å². The van der Waals surface area contributed by atoms with Gasteiger partial charge in [0.1, 0.15) is 0 Å². The molecule has 3 N–H and O–H groups in total. The lowest BCUT2D eigenvalue weighted by atomic mass is 9.93. The highest BCUT2D eigenvalue weighted by Crippen LogP contribution is 2.15. The van der Waals surface area contributed by atoms with Gasteiger partial charge < -0.3 is 15.7 Å². The van der Waals surface area contributed by atoms with Crippen LogP contribution in [0.2, 0.25) is 5.02 Å². The van der Waals surface area contributed by atoms with Crippen LogP contribution in [0.3, 0.4) is 0 Å². The molecule has 1 aromatic carbocycles. The van der Waals surface area contributed by atoms with E-state index in [1.807, 2.05) is 38.1 Å². The van der Waals surface area contributed by atoms with Crippen molar-refractivity contribution < 1.29 is 9.90 Å². The molecule has 0 heterocycles. The van der Waals surface area contributed by atoms with Crippen molar-refractivity contribution in [3.63, 3.8) is 0 Å². The van der Waals surface area contributed by atoms with Gasteiger partial charge in [0.25, 0.3) is 0 Å². The van der Waals surface area contributed by atoms with Gasteiger partial charge in [-0.05, 0) is 30.9 Å². The Balaban J connectivity index is 2.29. The summed E-state index contributed by atoms with van der Waals surface area (Å²) in [5, 5.41) is 16.1. The molecule has 0 aromatic heterocycles. The molecule has 0 saturated carbocycles. The molecule has 0 saturated heterocycles. The van der Waals surface area contributed by atoms with Crippen LogP contribution < -0.4 is 10.6 Å². The fourth-order valence-electron chi connectivity index (χ4n) is 1.54. The van der Waals surface area contributed by atoms with E-state index in [1.165, 1.54) is 0 Å². The Morgan fingerprint density at radius 3 is 2.60 bits per heavy atom. The van der Waals surface area contributed by atoms with E-state index in [4.69, 9.17) is 11.6 Å². The fourth-order valence-corrected chi connectivity index (χ4v) is 1.77. The monoisotopic (exact) mass is 298 g/mol. The molecule has 0 bridgehead atoms. The lowest BCUT2D eigenvalue weighted by Crippen LogP contribution is -2.47. The van der Waals surface area contributed by atoms with Crippen molar-refractivity contribution in [3.05, 3.63) is 34.9 Å². The van der Waals surface area contributed by atoms with Crippen LogP contribution in [0.15, 0.2) is 24.3 Å². The predicted octanol–water partition coefficient (Wildman–Crippen LogP) is 2.59. The molecular formula is C15H23ClN2O2. The molecule has 0 spiro atoms. The molecule has 1 aromatic rings. The summed E-state index contributed by atoms with van der Waals surface area (Å²) in [6, 6.07) is 7.28. The Morgan fingerprint density at radius 1 is 1.35 bits per heavy atom. The maximum Gasteiger partial charge on any atom is 0.314 e.